The molecular weight excluding hydrogens is 204 g/mol. The monoisotopic (exact) mass is 228 g/mol. The first-order valence-corrected chi connectivity index (χ1v) is 8.67. The Morgan fingerprint density at radius 2 is 1.80 bits per heavy atom. The van der Waals surface area contributed by atoms with Gasteiger partial charge in [-0.05, 0) is 31.0 Å². The molecule has 1 rings (SSSR count). The molecule has 0 unspecified atom stereocenters. The normalized spacial score (nSPS) is 28.1. The maximum absolute atomic E-state index is 9.35. The highest BCUT2D eigenvalue weighted by Crippen LogP contribution is 2.38. The Morgan fingerprint density at radius 1 is 1.20 bits per heavy atom. The van der Waals surface area contributed by atoms with E-state index in [0.29, 0.717) is 0 Å². The Kier molecular flexibility index (Phi) is 3.79. The Morgan fingerprint density at radius 3 is 2.20 bits per heavy atom. The third kappa shape index (κ3) is 3.43. The third-order valence-electron chi connectivity index (χ3n) is 3.55. The van der Waals surface area contributed by atoms with E-state index in [1.165, 1.54) is 0 Å². The van der Waals surface area contributed by atoms with E-state index in [9.17, 15) is 5.11 Å². The minimum Gasteiger partial charge on any atom is -0.411 e. The average molecular weight is 228 g/mol. The molecule has 0 aromatic rings. The molecule has 0 radical (unpaired) electrons. The van der Waals surface area contributed by atoms with Gasteiger partial charge in [0, 0.05) is 0 Å². The Labute approximate surface area is 94.5 Å². The van der Waals surface area contributed by atoms with Crippen LogP contribution >= 0.6 is 0 Å². The fourth-order valence-electron chi connectivity index (χ4n) is 1.43. The van der Waals surface area contributed by atoms with Crippen molar-refractivity contribution in [1.29, 1.82) is 0 Å². The minimum atomic E-state index is -1.65. The van der Waals surface area contributed by atoms with Gasteiger partial charge < -0.3 is 9.53 Å². The largest absolute Gasteiger partial charge is 0.411 e. The molecule has 0 saturated heterocycles. The molecule has 1 aliphatic rings. The van der Waals surface area contributed by atoms with Crippen molar-refractivity contribution in [2.24, 2.45) is 0 Å². The van der Waals surface area contributed by atoms with Gasteiger partial charge in [0.1, 0.15) is 0 Å². The van der Waals surface area contributed by atoms with Crippen LogP contribution in [0.2, 0.25) is 18.1 Å². The lowest BCUT2D eigenvalue weighted by Gasteiger charge is -2.39. The summed E-state index contributed by atoms with van der Waals surface area (Å²) in [5, 5.41) is 9.61. The summed E-state index contributed by atoms with van der Waals surface area (Å²) in [5.41, 5.74) is 0. The van der Waals surface area contributed by atoms with Gasteiger partial charge in [-0.2, -0.15) is 0 Å². The molecule has 88 valence electrons. The second-order valence-electron chi connectivity index (χ2n) is 5.95. The molecule has 3 heteroatoms. The minimum absolute atomic E-state index is 0.217. The molecule has 0 fully saturated rings. The van der Waals surface area contributed by atoms with E-state index < -0.39 is 8.32 Å². The molecule has 0 aliphatic heterocycles. The summed E-state index contributed by atoms with van der Waals surface area (Å²) in [6, 6.07) is 0. The van der Waals surface area contributed by atoms with E-state index in [1.807, 2.05) is 12.2 Å². The van der Waals surface area contributed by atoms with Gasteiger partial charge in [0.25, 0.3) is 0 Å². The number of aliphatic hydroxyl groups excluding tert-OH is 1. The molecule has 0 heterocycles. The van der Waals surface area contributed by atoms with Crippen LogP contribution in [0.3, 0.4) is 0 Å². The van der Waals surface area contributed by atoms with E-state index in [4.69, 9.17) is 4.43 Å². The summed E-state index contributed by atoms with van der Waals surface area (Å²) < 4.78 is 6.23. The number of hydrogen-bond donors (Lipinski definition) is 1. The molecule has 0 aromatic carbocycles. The lowest BCUT2D eigenvalue weighted by molar-refractivity contribution is 0.149. The number of hydrogen-bond acceptors (Lipinski definition) is 2. The van der Waals surface area contributed by atoms with Crippen LogP contribution in [0, 0.1) is 0 Å². The molecule has 2 atom stereocenters. The van der Waals surface area contributed by atoms with Crippen LogP contribution in [0.4, 0.5) is 0 Å². The van der Waals surface area contributed by atoms with Crippen molar-refractivity contribution >= 4 is 8.32 Å². The second-order valence-corrected chi connectivity index (χ2v) is 10.7. The van der Waals surface area contributed by atoms with Gasteiger partial charge >= 0.3 is 0 Å². The summed E-state index contributed by atoms with van der Waals surface area (Å²) in [7, 11) is -1.65. The smallest absolute Gasteiger partial charge is 0.192 e. The zero-order chi connectivity index (χ0) is 11.7. The van der Waals surface area contributed by atoms with E-state index in [2.05, 4.69) is 33.9 Å². The molecule has 0 saturated carbocycles. The highest BCUT2D eigenvalue weighted by Gasteiger charge is 2.38. The van der Waals surface area contributed by atoms with Gasteiger partial charge in [0.2, 0.25) is 0 Å². The number of rotatable bonds is 2. The first kappa shape index (κ1) is 12.9. The molecular formula is C12H24O2Si. The predicted molar refractivity (Wildman–Crippen MR) is 66.5 cm³/mol. The van der Waals surface area contributed by atoms with Gasteiger partial charge in [0.15, 0.2) is 8.32 Å². The predicted octanol–water partition coefficient (Wildman–Crippen LogP) is 3.09. The summed E-state index contributed by atoms with van der Waals surface area (Å²) in [5.74, 6) is 0. The fraction of sp³-hybridized carbons (Fsp3) is 0.833. The zero-order valence-electron chi connectivity index (χ0n) is 10.6. The van der Waals surface area contributed by atoms with Crippen molar-refractivity contribution in [3.05, 3.63) is 12.2 Å². The van der Waals surface area contributed by atoms with Gasteiger partial charge in [-0.25, -0.2) is 0 Å². The topological polar surface area (TPSA) is 29.5 Å². The number of aliphatic hydroxyl groups is 1. The molecule has 1 aliphatic carbocycles. The summed E-state index contributed by atoms with van der Waals surface area (Å²) in [6.07, 6.45) is 5.62. The van der Waals surface area contributed by atoms with E-state index in [0.717, 1.165) is 12.8 Å². The molecule has 0 bridgehead atoms. The summed E-state index contributed by atoms with van der Waals surface area (Å²) >= 11 is 0. The zero-order valence-corrected chi connectivity index (χ0v) is 11.6. The van der Waals surface area contributed by atoms with Crippen molar-refractivity contribution in [2.75, 3.05) is 0 Å². The maximum atomic E-state index is 9.35. The van der Waals surface area contributed by atoms with Crippen LogP contribution in [-0.2, 0) is 4.43 Å². The average Bonchev–Trinajstić information content (AvgIpc) is 2.06. The first-order valence-electron chi connectivity index (χ1n) is 5.76. The highest BCUT2D eigenvalue weighted by molar-refractivity contribution is 6.74. The van der Waals surface area contributed by atoms with Crippen LogP contribution in [0.25, 0.3) is 0 Å². The SMILES string of the molecule is CC(C)(C)[Si](C)(C)O[C@H]1C=C[C@H](O)CC1. The molecule has 1 N–H and O–H groups in total. The fourth-order valence-corrected chi connectivity index (χ4v) is 2.74. The molecule has 0 aromatic heterocycles. The van der Waals surface area contributed by atoms with Gasteiger partial charge in [-0.15, -0.1) is 0 Å². The van der Waals surface area contributed by atoms with Crippen LogP contribution in [0.1, 0.15) is 33.6 Å². The highest BCUT2D eigenvalue weighted by atomic mass is 28.4. The van der Waals surface area contributed by atoms with Crippen LogP contribution in [0.15, 0.2) is 12.2 Å². The quantitative estimate of drug-likeness (QED) is 0.581. The van der Waals surface area contributed by atoms with Crippen molar-refractivity contribution in [3.63, 3.8) is 0 Å². The lowest BCUT2D eigenvalue weighted by atomic mass is 10.0. The Bertz CT molecular complexity index is 240. The molecule has 0 amide bonds. The standard InChI is InChI=1S/C12H24O2Si/c1-12(2,3)15(4,5)14-11-8-6-10(13)7-9-11/h6,8,10-11,13H,7,9H2,1-5H3/t10-,11-/m0/s1. The molecule has 15 heavy (non-hydrogen) atoms. The van der Waals surface area contributed by atoms with Gasteiger partial charge in [0.05, 0.1) is 12.2 Å². The lowest BCUT2D eigenvalue weighted by Crippen LogP contribution is -2.44. The van der Waals surface area contributed by atoms with E-state index in [-0.39, 0.29) is 17.2 Å². The van der Waals surface area contributed by atoms with Crippen LogP contribution in [-0.4, -0.2) is 25.6 Å². The van der Waals surface area contributed by atoms with Crippen LogP contribution in [0.5, 0.6) is 0 Å². The van der Waals surface area contributed by atoms with Crippen molar-refractivity contribution in [3.8, 4) is 0 Å². The Hall–Kier alpha value is -0.123. The summed E-state index contributed by atoms with van der Waals surface area (Å²) in [6.45, 7) is 11.3. The summed E-state index contributed by atoms with van der Waals surface area (Å²) in [4.78, 5) is 0. The third-order valence-corrected chi connectivity index (χ3v) is 8.05. The van der Waals surface area contributed by atoms with Gasteiger partial charge in [-0.3, -0.25) is 0 Å². The molecule has 0 spiro atoms. The van der Waals surface area contributed by atoms with E-state index in [1.54, 1.807) is 0 Å². The van der Waals surface area contributed by atoms with Crippen LogP contribution < -0.4 is 0 Å². The van der Waals surface area contributed by atoms with Crippen molar-refractivity contribution in [2.45, 2.75) is 64.0 Å². The van der Waals surface area contributed by atoms with Crippen molar-refractivity contribution in [1.82, 2.24) is 0 Å². The first-order chi connectivity index (χ1) is 6.72. The van der Waals surface area contributed by atoms with Crippen molar-refractivity contribution < 1.29 is 9.53 Å². The van der Waals surface area contributed by atoms with Gasteiger partial charge in [-0.1, -0.05) is 32.9 Å². The molecule has 2 nitrogen and oxygen atoms in total. The van der Waals surface area contributed by atoms with E-state index >= 15 is 0 Å². The Balaban J connectivity index is 2.59. The second kappa shape index (κ2) is 4.40. The maximum Gasteiger partial charge on any atom is 0.192 e.